The monoisotopic (exact) mass is 271 g/mol. The zero-order valence-electron chi connectivity index (χ0n) is 10.5. The molecule has 3 rings (SSSR count). The van der Waals surface area contributed by atoms with Gasteiger partial charge >= 0.3 is 6.18 Å². The van der Waals surface area contributed by atoms with Gasteiger partial charge in [0.15, 0.2) is 0 Å². The molecule has 2 aliphatic rings. The van der Waals surface area contributed by atoms with E-state index in [0.717, 1.165) is 25.6 Å². The molecule has 0 spiro atoms. The lowest BCUT2D eigenvalue weighted by Crippen LogP contribution is -2.40. The quantitative estimate of drug-likeness (QED) is 0.848. The van der Waals surface area contributed by atoms with Crippen LogP contribution in [0.15, 0.2) is 18.5 Å². The van der Waals surface area contributed by atoms with Gasteiger partial charge in [0.05, 0.1) is 17.4 Å². The fourth-order valence-electron chi connectivity index (χ4n) is 3.13. The molecule has 0 bridgehead atoms. The van der Waals surface area contributed by atoms with Crippen molar-refractivity contribution in [3.63, 3.8) is 0 Å². The fraction of sp³-hybridized carbons (Fsp3) is 0.615. The van der Waals surface area contributed by atoms with Crippen molar-refractivity contribution in [2.45, 2.75) is 12.6 Å². The summed E-state index contributed by atoms with van der Waals surface area (Å²) in [5.41, 5.74) is -0.354. The van der Waals surface area contributed by atoms with E-state index in [1.165, 1.54) is 12.4 Å². The van der Waals surface area contributed by atoms with E-state index in [-0.39, 0.29) is 5.69 Å². The molecule has 104 valence electrons. The molecule has 1 N–H and O–H groups in total. The summed E-state index contributed by atoms with van der Waals surface area (Å²) in [7, 11) is 0. The maximum Gasteiger partial charge on any atom is 0.418 e. The lowest BCUT2D eigenvalue weighted by molar-refractivity contribution is -0.137. The van der Waals surface area contributed by atoms with E-state index >= 15 is 0 Å². The topological polar surface area (TPSA) is 28.2 Å². The largest absolute Gasteiger partial charge is 0.418 e. The summed E-state index contributed by atoms with van der Waals surface area (Å²) in [5.74, 6) is 1.07. The van der Waals surface area contributed by atoms with E-state index in [1.54, 1.807) is 0 Å². The lowest BCUT2D eigenvalue weighted by atomic mass is 9.88. The number of halogens is 3. The van der Waals surface area contributed by atoms with Gasteiger partial charge in [0.2, 0.25) is 0 Å². The number of rotatable bonds is 1. The minimum atomic E-state index is -4.32. The maximum atomic E-state index is 13.0. The van der Waals surface area contributed by atoms with E-state index in [0.29, 0.717) is 24.9 Å². The van der Waals surface area contributed by atoms with Gasteiger partial charge in [-0.15, -0.1) is 0 Å². The maximum absolute atomic E-state index is 13.0. The number of hydrogen-bond acceptors (Lipinski definition) is 3. The van der Waals surface area contributed by atoms with Gasteiger partial charge in [-0.3, -0.25) is 4.98 Å². The molecular weight excluding hydrogens is 255 g/mol. The molecule has 6 heteroatoms. The summed E-state index contributed by atoms with van der Waals surface area (Å²) in [4.78, 5) is 5.70. The van der Waals surface area contributed by atoms with Gasteiger partial charge in [-0.1, -0.05) is 0 Å². The number of piperidine rings is 1. The lowest BCUT2D eigenvalue weighted by Gasteiger charge is -2.36. The molecule has 2 aliphatic heterocycles. The van der Waals surface area contributed by atoms with Crippen LogP contribution in [0.1, 0.15) is 12.0 Å². The third-order valence-corrected chi connectivity index (χ3v) is 4.15. The van der Waals surface area contributed by atoms with Crippen LogP contribution >= 0.6 is 0 Å². The van der Waals surface area contributed by atoms with Gasteiger partial charge in [0, 0.05) is 19.3 Å². The molecule has 0 amide bonds. The van der Waals surface area contributed by atoms with Gasteiger partial charge in [-0.05, 0) is 37.4 Å². The number of nitrogens with one attached hydrogen (secondary N) is 1. The van der Waals surface area contributed by atoms with Gasteiger partial charge in [-0.2, -0.15) is 13.2 Å². The first-order valence-electron chi connectivity index (χ1n) is 6.52. The second-order valence-electron chi connectivity index (χ2n) is 5.30. The Labute approximate surface area is 109 Å². The third kappa shape index (κ3) is 2.41. The molecule has 1 aromatic heterocycles. The van der Waals surface area contributed by atoms with Crippen molar-refractivity contribution < 1.29 is 13.2 Å². The van der Waals surface area contributed by atoms with E-state index in [1.807, 2.05) is 4.90 Å². The molecule has 0 saturated carbocycles. The Morgan fingerprint density at radius 3 is 2.84 bits per heavy atom. The average molecular weight is 271 g/mol. The van der Waals surface area contributed by atoms with Gasteiger partial charge in [0.25, 0.3) is 0 Å². The molecule has 0 radical (unpaired) electrons. The number of hydrogen-bond donors (Lipinski definition) is 1. The van der Waals surface area contributed by atoms with Crippen LogP contribution in [-0.4, -0.2) is 31.2 Å². The van der Waals surface area contributed by atoms with Crippen LogP contribution in [0, 0.1) is 11.8 Å². The van der Waals surface area contributed by atoms with Crippen LogP contribution in [0.4, 0.5) is 18.9 Å². The summed E-state index contributed by atoms with van der Waals surface area (Å²) >= 11 is 0. The predicted octanol–water partition coefficient (Wildman–Crippen LogP) is 2.15. The molecule has 2 atom stereocenters. The molecule has 2 fully saturated rings. The van der Waals surface area contributed by atoms with Gasteiger partial charge < -0.3 is 10.2 Å². The second kappa shape index (κ2) is 4.67. The number of anilines is 1. The molecule has 0 aromatic carbocycles. The Morgan fingerprint density at radius 1 is 1.26 bits per heavy atom. The SMILES string of the molecule is FC(F)(F)c1ccncc1N1CC[C@@H]2CNC[C@@H]2C1. The normalized spacial score (nSPS) is 27.4. The first-order valence-corrected chi connectivity index (χ1v) is 6.52. The minimum absolute atomic E-state index is 0.223. The standard InChI is InChI=1S/C13H16F3N3/c14-13(15,16)11-1-3-17-7-12(11)19-4-2-9-5-18-6-10(9)8-19/h1,3,7,9-10,18H,2,4-6,8H2/t9-,10-/m1/s1. The van der Waals surface area contributed by atoms with Crippen molar-refractivity contribution in [2.24, 2.45) is 11.8 Å². The van der Waals surface area contributed by atoms with E-state index in [9.17, 15) is 13.2 Å². The molecule has 19 heavy (non-hydrogen) atoms. The highest BCUT2D eigenvalue weighted by Crippen LogP contribution is 2.38. The highest BCUT2D eigenvalue weighted by molar-refractivity contribution is 5.53. The van der Waals surface area contributed by atoms with Crippen molar-refractivity contribution in [1.29, 1.82) is 0 Å². The van der Waals surface area contributed by atoms with E-state index in [4.69, 9.17) is 0 Å². The third-order valence-electron chi connectivity index (χ3n) is 4.15. The number of pyridine rings is 1. The zero-order valence-corrected chi connectivity index (χ0v) is 10.5. The summed E-state index contributed by atoms with van der Waals surface area (Å²) in [6.45, 7) is 3.27. The summed E-state index contributed by atoms with van der Waals surface area (Å²) in [6.07, 6.45) is -0.825. The Kier molecular flexibility index (Phi) is 3.12. The highest BCUT2D eigenvalue weighted by atomic mass is 19.4. The van der Waals surface area contributed by atoms with Crippen LogP contribution in [0.2, 0.25) is 0 Å². The molecule has 3 nitrogen and oxygen atoms in total. The van der Waals surface area contributed by atoms with Crippen LogP contribution in [0.25, 0.3) is 0 Å². The summed E-state index contributed by atoms with van der Waals surface area (Å²) < 4.78 is 39.0. The number of aromatic nitrogens is 1. The van der Waals surface area contributed by atoms with Crippen LogP contribution in [0.5, 0.6) is 0 Å². The van der Waals surface area contributed by atoms with Crippen molar-refractivity contribution >= 4 is 5.69 Å². The summed E-state index contributed by atoms with van der Waals surface area (Å²) in [6, 6.07) is 1.06. The molecular formula is C13H16F3N3. The molecule has 1 aromatic rings. The zero-order chi connectivity index (χ0) is 13.5. The Balaban J connectivity index is 1.86. The van der Waals surface area contributed by atoms with Crippen molar-refractivity contribution in [1.82, 2.24) is 10.3 Å². The van der Waals surface area contributed by atoms with Crippen molar-refractivity contribution in [3.05, 3.63) is 24.0 Å². The highest BCUT2D eigenvalue weighted by Gasteiger charge is 2.38. The Morgan fingerprint density at radius 2 is 2.05 bits per heavy atom. The fourth-order valence-corrected chi connectivity index (χ4v) is 3.13. The Bertz CT molecular complexity index is 461. The first-order chi connectivity index (χ1) is 9.05. The predicted molar refractivity (Wildman–Crippen MR) is 65.9 cm³/mol. The molecule has 0 unspecified atom stereocenters. The van der Waals surface area contributed by atoms with Gasteiger partial charge in [0.1, 0.15) is 0 Å². The first kappa shape index (κ1) is 12.7. The molecule has 2 saturated heterocycles. The summed E-state index contributed by atoms with van der Waals surface area (Å²) in [5, 5.41) is 3.32. The minimum Gasteiger partial charge on any atom is -0.369 e. The van der Waals surface area contributed by atoms with E-state index < -0.39 is 11.7 Å². The average Bonchev–Trinajstić information content (AvgIpc) is 2.85. The van der Waals surface area contributed by atoms with Crippen LogP contribution in [-0.2, 0) is 6.18 Å². The number of fused-ring (bicyclic) bond motifs is 1. The number of alkyl halides is 3. The van der Waals surface area contributed by atoms with Crippen LogP contribution in [0.3, 0.4) is 0 Å². The Hall–Kier alpha value is -1.30. The van der Waals surface area contributed by atoms with E-state index in [2.05, 4.69) is 10.3 Å². The molecule has 3 heterocycles. The number of nitrogens with zero attached hydrogens (tertiary/aromatic N) is 2. The van der Waals surface area contributed by atoms with Crippen LogP contribution < -0.4 is 10.2 Å². The smallest absolute Gasteiger partial charge is 0.369 e. The van der Waals surface area contributed by atoms with Gasteiger partial charge in [-0.25, -0.2) is 0 Å². The molecule has 0 aliphatic carbocycles. The second-order valence-corrected chi connectivity index (χ2v) is 5.30. The van der Waals surface area contributed by atoms with Crippen molar-refractivity contribution in [3.8, 4) is 0 Å². The van der Waals surface area contributed by atoms with Crippen molar-refractivity contribution in [2.75, 3.05) is 31.1 Å².